The van der Waals surface area contributed by atoms with Crippen molar-refractivity contribution in [3.63, 3.8) is 0 Å². The lowest BCUT2D eigenvalue weighted by Crippen LogP contribution is -2.41. The van der Waals surface area contributed by atoms with Gasteiger partial charge in [0, 0.05) is 11.3 Å². The van der Waals surface area contributed by atoms with Crippen molar-refractivity contribution in [3.05, 3.63) is 41.6 Å². The van der Waals surface area contributed by atoms with Gasteiger partial charge in [-0.05, 0) is 37.1 Å². The van der Waals surface area contributed by atoms with Crippen LogP contribution in [0.3, 0.4) is 0 Å². The van der Waals surface area contributed by atoms with Crippen LogP contribution in [0.1, 0.15) is 23.2 Å². The summed E-state index contributed by atoms with van der Waals surface area (Å²) in [4.78, 5) is 23.1. The molecule has 0 bridgehead atoms. The molecule has 1 amide bonds. The summed E-state index contributed by atoms with van der Waals surface area (Å²) in [6.07, 6.45) is -3.08. The number of allylic oxidation sites excluding steroid dienone is 2. The first-order chi connectivity index (χ1) is 10.3. The second kappa shape index (κ2) is 6.08. The smallest absolute Gasteiger partial charge is 0.450 e. The number of ketones is 1. The summed E-state index contributed by atoms with van der Waals surface area (Å²) >= 11 is 0. The van der Waals surface area contributed by atoms with Gasteiger partial charge in [-0.2, -0.15) is 13.2 Å². The number of aromatic hydroxyl groups is 1. The van der Waals surface area contributed by atoms with E-state index in [1.54, 1.807) is 0 Å². The minimum Gasteiger partial charge on any atom is -0.508 e. The first-order valence-corrected chi connectivity index (χ1v) is 6.45. The normalized spacial score (nSPS) is 17.8. The Balaban J connectivity index is 1.97. The summed E-state index contributed by atoms with van der Waals surface area (Å²) in [6.45, 7) is 0. The molecule has 0 saturated carbocycles. The van der Waals surface area contributed by atoms with Gasteiger partial charge in [-0.3, -0.25) is 15.0 Å². The number of hydrogen-bond acceptors (Lipinski definition) is 4. The largest absolute Gasteiger partial charge is 0.508 e. The minimum absolute atomic E-state index is 0.0150. The Hall–Kier alpha value is -2.51. The highest BCUT2D eigenvalue weighted by atomic mass is 19.4. The van der Waals surface area contributed by atoms with E-state index in [-0.39, 0.29) is 23.4 Å². The van der Waals surface area contributed by atoms with Crippen LogP contribution in [0, 0.1) is 5.92 Å². The van der Waals surface area contributed by atoms with Crippen LogP contribution in [0.5, 0.6) is 5.75 Å². The molecule has 0 unspecified atom stereocenters. The first kappa shape index (κ1) is 15.9. The molecule has 0 spiro atoms. The molecule has 1 aliphatic carbocycles. The molecule has 1 aromatic rings. The maximum absolute atomic E-state index is 12.5. The Morgan fingerprint density at radius 1 is 1.18 bits per heavy atom. The van der Waals surface area contributed by atoms with Gasteiger partial charge in [0.05, 0.1) is 5.92 Å². The van der Waals surface area contributed by atoms with Crippen molar-refractivity contribution >= 4 is 11.7 Å². The predicted octanol–water partition coefficient (Wildman–Crippen LogP) is 2.05. The lowest BCUT2D eigenvalue weighted by atomic mass is 10.0. The highest BCUT2D eigenvalue weighted by Gasteiger charge is 2.45. The highest BCUT2D eigenvalue weighted by molar-refractivity contribution is 5.94. The molecule has 1 aromatic carbocycles. The molecule has 0 aromatic heterocycles. The van der Waals surface area contributed by atoms with Gasteiger partial charge in [0.2, 0.25) is 5.78 Å². The van der Waals surface area contributed by atoms with E-state index in [2.05, 4.69) is 10.9 Å². The number of phenols is 1. The van der Waals surface area contributed by atoms with E-state index in [0.717, 1.165) is 0 Å². The van der Waals surface area contributed by atoms with Crippen LogP contribution in [0.4, 0.5) is 13.2 Å². The number of hydrazine groups is 1. The molecule has 3 N–H and O–H groups in total. The maximum atomic E-state index is 12.5. The van der Waals surface area contributed by atoms with Gasteiger partial charge in [0.1, 0.15) is 5.75 Å². The number of phenolic OH excluding ortho intramolecular Hbond substituents is 1. The summed E-state index contributed by atoms with van der Waals surface area (Å²) in [5, 5.41) is 9.11. The average Bonchev–Trinajstić information content (AvgIpc) is 2.91. The van der Waals surface area contributed by atoms with Gasteiger partial charge in [0.25, 0.3) is 5.91 Å². The number of alkyl halides is 3. The van der Waals surface area contributed by atoms with Crippen LogP contribution >= 0.6 is 0 Å². The fourth-order valence-electron chi connectivity index (χ4n) is 2.13. The quantitative estimate of drug-likeness (QED) is 0.743. The number of benzene rings is 1. The number of amides is 1. The van der Waals surface area contributed by atoms with Gasteiger partial charge in [-0.1, -0.05) is 6.08 Å². The van der Waals surface area contributed by atoms with E-state index in [9.17, 15) is 22.8 Å². The molecule has 0 aliphatic heterocycles. The third kappa shape index (κ3) is 3.57. The fourth-order valence-corrected chi connectivity index (χ4v) is 2.13. The van der Waals surface area contributed by atoms with E-state index >= 15 is 0 Å². The SMILES string of the molecule is O=C(NNC1=CCC[C@@H]1C(=O)C(F)(F)F)c1ccc(O)cc1. The second-order valence-corrected chi connectivity index (χ2v) is 4.78. The maximum Gasteiger partial charge on any atom is 0.450 e. The Morgan fingerprint density at radius 2 is 1.82 bits per heavy atom. The fraction of sp³-hybridized carbons (Fsp3) is 0.286. The van der Waals surface area contributed by atoms with Gasteiger partial charge in [0.15, 0.2) is 0 Å². The predicted molar refractivity (Wildman–Crippen MR) is 70.6 cm³/mol. The molecule has 1 atom stereocenters. The van der Waals surface area contributed by atoms with Crippen LogP contribution < -0.4 is 10.9 Å². The molecule has 0 fully saturated rings. The summed E-state index contributed by atoms with van der Waals surface area (Å²) < 4.78 is 37.4. The van der Waals surface area contributed by atoms with Crippen LogP contribution in [-0.2, 0) is 4.79 Å². The van der Waals surface area contributed by atoms with Crippen molar-refractivity contribution in [3.8, 4) is 5.75 Å². The lowest BCUT2D eigenvalue weighted by Gasteiger charge is -2.17. The number of rotatable bonds is 4. The number of hydrogen-bond donors (Lipinski definition) is 3. The molecular weight excluding hydrogens is 301 g/mol. The Labute approximate surface area is 123 Å². The van der Waals surface area contributed by atoms with Crippen LogP contribution in [-0.4, -0.2) is 23.0 Å². The standard InChI is InChI=1S/C14H13F3N2O3/c15-14(16,17)12(21)10-2-1-3-11(10)18-19-13(22)8-4-6-9(20)7-5-8/h3-7,10,18,20H,1-2H2,(H,19,22)/t10-/m0/s1. The monoisotopic (exact) mass is 314 g/mol. The van der Waals surface area contributed by atoms with Crippen molar-refractivity contribution in [2.24, 2.45) is 5.92 Å². The van der Waals surface area contributed by atoms with E-state index in [1.807, 2.05) is 0 Å². The number of halogens is 3. The summed E-state index contributed by atoms with van der Waals surface area (Å²) in [7, 11) is 0. The van der Waals surface area contributed by atoms with Crippen molar-refractivity contribution in [2.75, 3.05) is 0 Å². The molecule has 1 aliphatic rings. The zero-order chi connectivity index (χ0) is 16.3. The Kier molecular flexibility index (Phi) is 4.39. The van der Waals surface area contributed by atoms with Crippen molar-refractivity contribution < 1.29 is 27.9 Å². The molecule has 0 saturated heterocycles. The van der Waals surface area contributed by atoms with Crippen molar-refractivity contribution in [2.45, 2.75) is 19.0 Å². The summed E-state index contributed by atoms with van der Waals surface area (Å²) in [5.41, 5.74) is 4.86. The molecule has 118 valence electrons. The zero-order valence-corrected chi connectivity index (χ0v) is 11.3. The molecule has 2 rings (SSSR count). The molecule has 0 heterocycles. The number of carbonyl (C=O) groups excluding carboxylic acids is 2. The van der Waals surface area contributed by atoms with Gasteiger partial charge >= 0.3 is 6.18 Å². The summed E-state index contributed by atoms with van der Waals surface area (Å²) in [6, 6.07) is 5.32. The topological polar surface area (TPSA) is 78.4 Å². The third-order valence-corrected chi connectivity index (χ3v) is 3.24. The number of nitrogens with one attached hydrogen (secondary N) is 2. The number of carbonyl (C=O) groups is 2. The number of Topliss-reactive ketones (excluding diaryl/α,β-unsaturated/α-hetero) is 1. The molecule has 22 heavy (non-hydrogen) atoms. The van der Waals surface area contributed by atoms with Crippen LogP contribution in [0.2, 0.25) is 0 Å². The van der Waals surface area contributed by atoms with Crippen LogP contribution in [0.15, 0.2) is 36.0 Å². The van der Waals surface area contributed by atoms with Gasteiger partial charge < -0.3 is 10.5 Å². The molecular formula is C14H13F3N2O3. The van der Waals surface area contributed by atoms with Crippen molar-refractivity contribution in [1.82, 2.24) is 10.9 Å². The van der Waals surface area contributed by atoms with Gasteiger partial charge in [-0.15, -0.1) is 0 Å². The van der Waals surface area contributed by atoms with E-state index in [0.29, 0.717) is 6.42 Å². The van der Waals surface area contributed by atoms with Gasteiger partial charge in [-0.25, -0.2) is 0 Å². The molecule has 8 heteroatoms. The Bertz CT molecular complexity index is 609. The Morgan fingerprint density at radius 3 is 2.41 bits per heavy atom. The lowest BCUT2D eigenvalue weighted by molar-refractivity contribution is -0.174. The van der Waals surface area contributed by atoms with E-state index < -0.39 is 23.8 Å². The average molecular weight is 314 g/mol. The molecule has 5 nitrogen and oxygen atoms in total. The summed E-state index contributed by atoms with van der Waals surface area (Å²) in [5.74, 6) is -3.76. The second-order valence-electron chi connectivity index (χ2n) is 4.78. The van der Waals surface area contributed by atoms with Crippen molar-refractivity contribution in [1.29, 1.82) is 0 Å². The van der Waals surface area contributed by atoms with Crippen LogP contribution in [0.25, 0.3) is 0 Å². The first-order valence-electron chi connectivity index (χ1n) is 6.45. The highest BCUT2D eigenvalue weighted by Crippen LogP contribution is 2.31. The van der Waals surface area contributed by atoms with E-state index in [4.69, 9.17) is 5.11 Å². The molecule has 0 radical (unpaired) electrons. The third-order valence-electron chi connectivity index (χ3n) is 3.24. The zero-order valence-electron chi connectivity index (χ0n) is 11.3. The minimum atomic E-state index is -4.91. The van der Waals surface area contributed by atoms with E-state index in [1.165, 1.54) is 30.3 Å².